The summed E-state index contributed by atoms with van der Waals surface area (Å²) in [4.78, 5) is 46.4. The monoisotopic (exact) mass is 639 g/mol. The van der Waals surface area contributed by atoms with Crippen LogP contribution < -0.4 is 5.32 Å². The molecule has 0 aliphatic carbocycles. The van der Waals surface area contributed by atoms with E-state index in [1.807, 2.05) is 60.0 Å². The molecule has 47 heavy (non-hydrogen) atoms. The van der Waals surface area contributed by atoms with Crippen molar-refractivity contribution in [3.63, 3.8) is 0 Å². The third-order valence-electron chi connectivity index (χ3n) is 8.39. The number of nitrogens with one attached hydrogen (secondary N) is 2. The van der Waals surface area contributed by atoms with E-state index in [1.54, 1.807) is 9.80 Å². The number of aromatic amines is 1. The lowest BCUT2D eigenvalue weighted by atomic mass is 10.0. The van der Waals surface area contributed by atoms with E-state index in [9.17, 15) is 9.59 Å². The normalized spacial score (nSPS) is 18.5. The van der Waals surface area contributed by atoms with Crippen LogP contribution >= 0.6 is 0 Å². The molecule has 11 nitrogen and oxygen atoms in total. The predicted molar refractivity (Wildman–Crippen MR) is 182 cm³/mol. The van der Waals surface area contributed by atoms with Crippen molar-refractivity contribution < 1.29 is 19.1 Å². The molecule has 11 heteroatoms. The molecule has 2 aromatic carbocycles. The maximum Gasteiger partial charge on any atom is 0.410 e. The number of carbonyl (C=O) groups is 2. The fraction of sp³-hybridized carbons (Fsp3) is 0.472. The van der Waals surface area contributed by atoms with Crippen molar-refractivity contribution in [3.8, 4) is 22.4 Å². The number of benzene rings is 2. The lowest BCUT2D eigenvalue weighted by Crippen LogP contribution is -2.42. The van der Waals surface area contributed by atoms with Crippen molar-refractivity contribution in [1.82, 2.24) is 29.7 Å². The minimum absolute atomic E-state index is 0.0391. The Morgan fingerprint density at radius 3 is 2.21 bits per heavy atom. The van der Waals surface area contributed by atoms with Gasteiger partial charge < -0.3 is 24.7 Å². The lowest BCUT2D eigenvalue weighted by molar-refractivity contribution is 0.0213. The van der Waals surface area contributed by atoms with Gasteiger partial charge in [0.15, 0.2) is 0 Å². The summed E-state index contributed by atoms with van der Waals surface area (Å²) in [5, 5.41) is 4.27. The average Bonchev–Trinajstić information content (AvgIpc) is 3.79. The predicted octanol–water partition coefficient (Wildman–Crippen LogP) is 7.57. The molecule has 0 saturated carbocycles. The Bertz CT molecular complexity index is 1740. The second-order valence-electron chi connectivity index (χ2n) is 14.4. The Morgan fingerprint density at radius 1 is 0.851 bits per heavy atom. The molecule has 2 atom stereocenters. The Balaban J connectivity index is 1.09. The van der Waals surface area contributed by atoms with E-state index in [4.69, 9.17) is 19.4 Å². The zero-order valence-corrected chi connectivity index (χ0v) is 28.2. The van der Waals surface area contributed by atoms with E-state index in [2.05, 4.69) is 51.7 Å². The van der Waals surface area contributed by atoms with Crippen LogP contribution in [0.1, 0.15) is 79.1 Å². The van der Waals surface area contributed by atoms with Gasteiger partial charge in [-0.25, -0.2) is 24.5 Å². The summed E-state index contributed by atoms with van der Waals surface area (Å²) in [7, 11) is 0. The molecule has 2 N–H and O–H groups in total. The number of ether oxygens (including phenoxy) is 2. The third kappa shape index (κ3) is 7.66. The average molecular weight is 640 g/mol. The van der Waals surface area contributed by atoms with Gasteiger partial charge in [-0.1, -0.05) is 30.3 Å². The molecule has 0 spiro atoms. The van der Waals surface area contributed by atoms with E-state index >= 15 is 0 Å². The van der Waals surface area contributed by atoms with Crippen molar-refractivity contribution in [2.75, 3.05) is 25.0 Å². The zero-order chi connectivity index (χ0) is 33.3. The van der Waals surface area contributed by atoms with Crippen LogP contribution in [-0.2, 0) is 9.47 Å². The van der Waals surface area contributed by atoms with E-state index in [0.29, 0.717) is 25.6 Å². The molecule has 2 amide bonds. The number of imidazole rings is 1. The number of carbonyl (C=O) groups excluding carboxylic acids is 2. The van der Waals surface area contributed by atoms with Gasteiger partial charge >= 0.3 is 12.2 Å². The van der Waals surface area contributed by atoms with Gasteiger partial charge in [-0.3, -0.25) is 4.90 Å². The topological polar surface area (TPSA) is 126 Å². The highest BCUT2D eigenvalue weighted by atomic mass is 16.6. The Hall–Kier alpha value is -4.67. The molecule has 0 radical (unpaired) electrons. The van der Waals surface area contributed by atoms with Crippen LogP contribution in [0.15, 0.2) is 54.9 Å². The first kappa shape index (κ1) is 32.3. The first-order chi connectivity index (χ1) is 22.3. The summed E-state index contributed by atoms with van der Waals surface area (Å²) >= 11 is 0. The molecule has 2 aromatic heterocycles. The van der Waals surface area contributed by atoms with Crippen LogP contribution in [-0.4, -0.2) is 78.8 Å². The molecular weight excluding hydrogens is 594 g/mol. The van der Waals surface area contributed by atoms with E-state index in [1.165, 1.54) is 0 Å². The van der Waals surface area contributed by atoms with Gasteiger partial charge in [0.1, 0.15) is 17.0 Å². The first-order valence-corrected chi connectivity index (χ1v) is 16.5. The van der Waals surface area contributed by atoms with Crippen molar-refractivity contribution in [1.29, 1.82) is 0 Å². The van der Waals surface area contributed by atoms with Crippen molar-refractivity contribution in [2.45, 2.75) is 90.5 Å². The zero-order valence-electron chi connectivity index (χ0n) is 28.2. The minimum Gasteiger partial charge on any atom is -0.444 e. The highest BCUT2D eigenvalue weighted by Crippen LogP contribution is 2.33. The molecule has 0 unspecified atom stereocenters. The van der Waals surface area contributed by atoms with Crippen LogP contribution in [0.5, 0.6) is 0 Å². The number of anilines is 1. The standard InChI is InChI=1S/C36H45N7O4/c1-35(2,3)46-33(44)42-17-7-9-27(42)21-39-32-38-20-26-19-25(15-16-28(26)41-32)23-11-13-24(14-12-23)29-22-37-31(40-29)30-10-8-18-43(30)34(45)47-36(4,5)6/h11-16,19-20,22,27,30H,7-10,17-18,21H2,1-6H3,(H,37,40)(H,38,39,41)/t27-,30-/m0/s1. The SMILES string of the molecule is CC(C)(C)OC(=O)N1CCC[C@H]1CNc1ncc2cc(-c3ccc(-c4c[nH]c([C@@H]5CCCN5C(=O)OC(C)(C)C)n4)cc3)ccc2n1. The molecule has 2 aliphatic rings. The fourth-order valence-electron chi connectivity index (χ4n) is 6.19. The molecule has 4 heterocycles. The molecule has 6 rings (SSSR count). The summed E-state index contributed by atoms with van der Waals surface area (Å²) in [6.45, 7) is 13.2. The number of aromatic nitrogens is 4. The number of fused-ring (bicyclic) bond motifs is 1. The van der Waals surface area contributed by atoms with Gasteiger partial charge in [0.05, 0.1) is 23.3 Å². The molecule has 248 valence electrons. The number of nitrogens with zero attached hydrogens (tertiary/aromatic N) is 5. The van der Waals surface area contributed by atoms with Gasteiger partial charge in [-0.2, -0.15) is 0 Å². The highest BCUT2D eigenvalue weighted by Gasteiger charge is 2.35. The van der Waals surface area contributed by atoms with Crippen LogP contribution in [0.4, 0.5) is 15.5 Å². The molecule has 0 bridgehead atoms. The lowest BCUT2D eigenvalue weighted by Gasteiger charge is -2.28. The Labute approximate surface area is 276 Å². The Kier molecular flexibility index (Phi) is 8.82. The molecule has 2 saturated heterocycles. The Morgan fingerprint density at radius 2 is 1.49 bits per heavy atom. The number of hydrogen-bond donors (Lipinski definition) is 2. The summed E-state index contributed by atoms with van der Waals surface area (Å²) in [6, 6.07) is 14.4. The molecule has 4 aromatic rings. The second kappa shape index (κ2) is 12.8. The summed E-state index contributed by atoms with van der Waals surface area (Å²) in [6.07, 6.45) is 6.79. The molecule has 2 aliphatic heterocycles. The second-order valence-corrected chi connectivity index (χ2v) is 14.4. The number of likely N-dealkylation sites (tertiary alicyclic amines) is 2. The summed E-state index contributed by atoms with van der Waals surface area (Å²) in [5.41, 5.74) is 3.74. The van der Waals surface area contributed by atoms with Gasteiger partial charge in [0, 0.05) is 43.0 Å². The van der Waals surface area contributed by atoms with Gasteiger partial charge in [0.25, 0.3) is 0 Å². The number of amides is 2. The van der Waals surface area contributed by atoms with E-state index in [-0.39, 0.29) is 24.3 Å². The van der Waals surface area contributed by atoms with Crippen molar-refractivity contribution >= 4 is 29.0 Å². The largest absolute Gasteiger partial charge is 0.444 e. The van der Waals surface area contributed by atoms with Gasteiger partial charge in [-0.05, 0) is 90.5 Å². The van der Waals surface area contributed by atoms with E-state index in [0.717, 1.165) is 64.8 Å². The minimum atomic E-state index is -0.540. The van der Waals surface area contributed by atoms with E-state index < -0.39 is 11.2 Å². The van der Waals surface area contributed by atoms with Gasteiger partial charge in [0.2, 0.25) is 5.95 Å². The van der Waals surface area contributed by atoms with Gasteiger partial charge in [-0.15, -0.1) is 0 Å². The van der Waals surface area contributed by atoms with Crippen molar-refractivity contribution in [3.05, 3.63) is 60.7 Å². The highest BCUT2D eigenvalue weighted by molar-refractivity contribution is 5.85. The number of H-pyrrole nitrogens is 1. The summed E-state index contributed by atoms with van der Waals surface area (Å²) < 4.78 is 11.2. The first-order valence-electron chi connectivity index (χ1n) is 16.5. The fourth-order valence-corrected chi connectivity index (χ4v) is 6.19. The quantitative estimate of drug-likeness (QED) is 0.221. The molecule has 2 fully saturated rings. The summed E-state index contributed by atoms with van der Waals surface area (Å²) in [5.74, 6) is 1.32. The smallest absolute Gasteiger partial charge is 0.410 e. The maximum absolute atomic E-state index is 12.8. The van der Waals surface area contributed by atoms with Crippen LogP contribution in [0.25, 0.3) is 33.3 Å². The van der Waals surface area contributed by atoms with Crippen LogP contribution in [0, 0.1) is 0 Å². The maximum atomic E-state index is 12.8. The third-order valence-corrected chi connectivity index (χ3v) is 8.39. The number of rotatable bonds is 6. The molecular formula is C36H45N7O4. The van der Waals surface area contributed by atoms with Crippen LogP contribution in [0.3, 0.4) is 0 Å². The van der Waals surface area contributed by atoms with Crippen molar-refractivity contribution in [2.24, 2.45) is 0 Å². The number of hydrogen-bond acceptors (Lipinski definition) is 8. The van der Waals surface area contributed by atoms with Crippen LogP contribution in [0.2, 0.25) is 0 Å².